The Morgan fingerprint density at radius 2 is 2.16 bits per heavy atom. The Hall–Kier alpha value is -3.79. The predicted octanol–water partition coefficient (Wildman–Crippen LogP) is 3.35. The summed E-state index contributed by atoms with van der Waals surface area (Å²) in [5, 5.41) is 12.3. The minimum absolute atomic E-state index is 0. The van der Waals surface area contributed by atoms with Crippen molar-refractivity contribution in [3.8, 4) is 11.3 Å². The van der Waals surface area contributed by atoms with Crippen molar-refractivity contribution in [3.63, 3.8) is 0 Å². The number of nitrogens with one attached hydrogen (secondary N) is 1. The Balaban J connectivity index is 0.00000336. The second-order valence-corrected chi connectivity index (χ2v) is 9.93. The average molecular weight is 504 g/mol. The molecule has 10 heteroatoms. The van der Waals surface area contributed by atoms with Crippen molar-refractivity contribution in [3.05, 3.63) is 65.6 Å². The van der Waals surface area contributed by atoms with Crippen molar-refractivity contribution in [1.29, 1.82) is 0 Å². The van der Waals surface area contributed by atoms with Gasteiger partial charge in [-0.1, -0.05) is 11.6 Å². The summed E-state index contributed by atoms with van der Waals surface area (Å²) in [7, 11) is 0. The highest BCUT2D eigenvalue weighted by Crippen LogP contribution is 2.26. The molecule has 0 amide bonds. The van der Waals surface area contributed by atoms with E-state index in [1.165, 1.54) is 31.9 Å². The summed E-state index contributed by atoms with van der Waals surface area (Å²) in [6.45, 7) is 4.97. The Bertz CT molecular complexity index is 1310. The van der Waals surface area contributed by atoms with Gasteiger partial charge in [0.25, 0.3) is 5.56 Å². The third-order valence-corrected chi connectivity index (χ3v) is 7.37. The van der Waals surface area contributed by atoms with Crippen molar-refractivity contribution in [1.82, 2.24) is 29.9 Å². The Morgan fingerprint density at radius 3 is 2.95 bits per heavy atom. The zero-order chi connectivity index (χ0) is 25.6. The second-order valence-electron chi connectivity index (χ2n) is 9.93. The molecule has 2 atom stereocenters. The van der Waals surface area contributed by atoms with Crippen molar-refractivity contribution in [2.75, 3.05) is 24.5 Å². The van der Waals surface area contributed by atoms with Crippen LogP contribution in [0.4, 0.5) is 11.4 Å². The lowest BCUT2D eigenvalue weighted by Gasteiger charge is -2.36. The molecule has 3 N–H and O–H groups in total. The second kappa shape index (κ2) is 11.5. The zero-order valence-electron chi connectivity index (χ0n) is 21.3. The number of pyridine rings is 2. The number of aliphatic imine (C=N–C) groups is 1. The molecule has 0 bridgehead atoms. The Labute approximate surface area is 218 Å². The van der Waals surface area contributed by atoms with Gasteiger partial charge in [0.1, 0.15) is 11.9 Å². The fraction of sp³-hybridized carbons (Fsp3) is 0.444. The van der Waals surface area contributed by atoms with E-state index in [9.17, 15) is 4.79 Å². The van der Waals surface area contributed by atoms with E-state index in [0.29, 0.717) is 17.4 Å². The van der Waals surface area contributed by atoms with Crippen LogP contribution in [0.3, 0.4) is 0 Å². The number of nitrogens with zero attached hydrogens (tertiary/aromatic N) is 7. The van der Waals surface area contributed by atoms with Crippen LogP contribution in [0, 0.1) is 5.92 Å². The lowest BCUT2D eigenvalue weighted by atomic mass is 9.85. The van der Waals surface area contributed by atoms with Crippen LogP contribution in [0.5, 0.6) is 0 Å². The summed E-state index contributed by atoms with van der Waals surface area (Å²) in [5.41, 5.74) is 8.40. The van der Waals surface area contributed by atoms with Gasteiger partial charge in [-0.2, -0.15) is 0 Å². The van der Waals surface area contributed by atoms with E-state index in [1.807, 2.05) is 31.5 Å². The third-order valence-electron chi connectivity index (χ3n) is 7.37. The minimum Gasteiger partial charge on any atom is -0.405 e. The number of piperidine rings is 1. The lowest BCUT2D eigenvalue weighted by molar-refractivity contribution is 0.280. The predicted molar refractivity (Wildman–Crippen MR) is 148 cm³/mol. The smallest absolute Gasteiger partial charge is 0.254 e. The van der Waals surface area contributed by atoms with Gasteiger partial charge < -0.3 is 16.0 Å². The van der Waals surface area contributed by atoms with Gasteiger partial charge in [-0.05, 0) is 69.5 Å². The molecule has 0 radical (unpaired) electrons. The van der Waals surface area contributed by atoms with Crippen molar-refractivity contribution >= 4 is 17.6 Å². The van der Waals surface area contributed by atoms with Gasteiger partial charge >= 0.3 is 0 Å². The van der Waals surface area contributed by atoms with Gasteiger partial charge in [0, 0.05) is 56.5 Å². The normalized spacial score (nSPS) is 19.5. The fourth-order valence-corrected chi connectivity index (χ4v) is 4.93. The largest absolute Gasteiger partial charge is 0.405 e. The SMILES string of the molecule is CC(n1cc(-c2cncc(N=C/C=C\N)c2)nn1)n1ccc(N2CCC[C@@H](NCC3CCC3)C2)cc1=O.[HH]. The number of hydrogen-bond donors (Lipinski definition) is 2. The van der Waals surface area contributed by atoms with Gasteiger partial charge in [0.2, 0.25) is 0 Å². The monoisotopic (exact) mass is 503 g/mol. The van der Waals surface area contributed by atoms with Crippen LogP contribution in [0.2, 0.25) is 0 Å². The van der Waals surface area contributed by atoms with Gasteiger partial charge in [-0.3, -0.25) is 19.3 Å². The molecule has 10 nitrogen and oxygen atoms in total. The topological polar surface area (TPSA) is 119 Å². The summed E-state index contributed by atoms with van der Waals surface area (Å²) in [6, 6.07) is 6.13. The molecule has 1 aliphatic carbocycles. The van der Waals surface area contributed by atoms with Crippen molar-refractivity contribution in [2.45, 2.75) is 51.2 Å². The van der Waals surface area contributed by atoms with E-state index >= 15 is 0 Å². The van der Waals surface area contributed by atoms with E-state index in [1.54, 1.807) is 40.0 Å². The molecule has 0 aromatic carbocycles. The molecular weight excluding hydrogens is 466 g/mol. The van der Waals surface area contributed by atoms with Gasteiger partial charge in [-0.15, -0.1) is 5.10 Å². The zero-order valence-corrected chi connectivity index (χ0v) is 21.3. The van der Waals surface area contributed by atoms with Crippen LogP contribution in [-0.2, 0) is 0 Å². The maximum atomic E-state index is 13.1. The molecule has 1 unspecified atom stereocenters. The lowest BCUT2D eigenvalue weighted by Crippen LogP contribution is -2.47. The van der Waals surface area contributed by atoms with Gasteiger partial charge in [-0.25, -0.2) is 4.68 Å². The van der Waals surface area contributed by atoms with E-state index in [4.69, 9.17) is 5.73 Å². The molecule has 3 aromatic heterocycles. The maximum absolute atomic E-state index is 13.1. The summed E-state index contributed by atoms with van der Waals surface area (Å²) in [5.74, 6) is 0.852. The molecular formula is C27H37N9O. The first-order valence-corrected chi connectivity index (χ1v) is 13.1. The number of nitrogens with two attached hydrogens (primary N) is 1. The highest BCUT2D eigenvalue weighted by atomic mass is 16.1. The first-order chi connectivity index (χ1) is 18.1. The van der Waals surface area contributed by atoms with Crippen LogP contribution < -0.4 is 21.5 Å². The number of aromatic nitrogens is 5. The van der Waals surface area contributed by atoms with Gasteiger partial charge in [0.15, 0.2) is 0 Å². The summed E-state index contributed by atoms with van der Waals surface area (Å²) < 4.78 is 3.36. The number of allylic oxidation sites excluding steroid dienone is 1. The molecule has 2 aliphatic rings. The molecule has 3 aromatic rings. The minimum atomic E-state index is -0.329. The third kappa shape index (κ3) is 5.96. The molecule has 5 rings (SSSR count). The van der Waals surface area contributed by atoms with Crippen molar-refractivity contribution < 1.29 is 1.43 Å². The summed E-state index contributed by atoms with van der Waals surface area (Å²) >= 11 is 0. The van der Waals surface area contributed by atoms with Crippen LogP contribution in [-0.4, -0.2) is 56.4 Å². The highest BCUT2D eigenvalue weighted by molar-refractivity contribution is 5.75. The Morgan fingerprint density at radius 1 is 1.27 bits per heavy atom. The first-order valence-electron chi connectivity index (χ1n) is 13.1. The standard InChI is InChI=1S/C27H35N9O.H2/c1-20(36-19-26(32-33-36)22-13-24(17-29-16-22)30-10-4-9-28)35-12-8-25(14-27(35)37)34-11-3-7-23(18-34)31-15-21-5-2-6-21;/h4,8-10,12-14,16-17,19-21,23,31H,2-3,5-7,11,15,18,28H2,1H3;1H/b9-4-,30-10?;/t20?,23-;/m1./s1. The molecule has 2 fully saturated rings. The first kappa shape index (κ1) is 24.9. The van der Waals surface area contributed by atoms with E-state index in [0.717, 1.165) is 43.2 Å². The summed E-state index contributed by atoms with van der Waals surface area (Å²) in [4.78, 5) is 24.0. The van der Waals surface area contributed by atoms with E-state index in [2.05, 4.69) is 30.5 Å². The quantitative estimate of drug-likeness (QED) is 0.430. The molecule has 37 heavy (non-hydrogen) atoms. The number of rotatable bonds is 9. The molecule has 1 aliphatic heterocycles. The number of anilines is 1. The van der Waals surface area contributed by atoms with Crippen LogP contribution in [0.15, 0.2) is 65.0 Å². The average Bonchev–Trinajstić information content (AvgIpc) is 3.39. The number of hydrogen-bond acceptors (Lipinski definition) is 8. The van der Waals surface area contributed by atoms with Crippen LogP contribution in [0.1, 0.15) is 46.6 Å². The van der Waals surface area contributed by atoms with Crippen LogP contribution in [0.25, 0.3) is 11.3 Å². The molecule has 4 heterocycles. The highest BCUT2D eigenvalue weighted by Gasteiger charge is 2.23. The van der Waals surface area contributed by atoms with E-state index < -0.39 is 0 Å². The summed E-state index contributed by atoms with van der Waals surface area (Å²) in [6.07, 6.45) is 17.8. The van der Waals surface area contributed by atoms with Crippen molar-refractivity contribution in [2.24, 2.45) is 16.6 Å². The van der Waals surface area contributed by atoms with Crippen LogP contribution >= 0.6 is 0 Å². The molecule has 1 saturated heterocycles. The Kier molecular flexibility index (Phi) is 7.74. The molecule has 1 saturated carbocycles. The molecule has 196 valence electrons. The fourth-order valence-electron chi connectivity index (χ4n) is 4.93. The van der Waals surface area contributed by atoms with E-state index in [-0.39, 0.29) is 13.2 Å². The maximum Gasteiger partial charge on any atom is 0.254 e. The molecule has 0 spiro atoms. The van der Waals surface area contributed by atoms with Gasteiger partial charge in [0.05, 0.1) is 18.1 Å².